The van der Waals surface area contributed by atoms with E-state index in [1.807, 2.05) is 0 Å². The fourth-order valence-electron chi connectivity index (χ4n) is 1.88. The first kappa shape index (κ1) is 14.4. The van der Waals surface area contributed by atoms with Crippen molar-refractivity contribution in [2.24, 2.45) is 5.73 Å². The van der Waals surface area contributed by atoms with E-state index in [4.69, 9.17) is 40.5 Å². The zero-order valence-electron chi connectivity index (χ0n) is 9.24. The van der Waals surface area contributed by atoms with Gasteiger partial charge in [-0.2, -0.15) is 4.31 Å². The van der Waals surface area contributed by atoms with Gasteiger partial charge in [-0.15, -0.1) is 0 Å². The quantitative estimate of drug-likeness (QED) is 0.906. The van der Waals surface area contributed by atoms with Crippen LogP contribution < -0.4 is 5.73 Å². The van der Waals surface area contributed by atoms with Crippen LogP contribution in [0, 0.1) is 0 Å². The predicted octanol–water partition coefficient (Wildman–Crippen LogP) is 2.37. The van der Waals surface area contributed by atoms with Crippen LogP contribution in [-0.2, 0) is 10.0 Å². The van der Waals surface area contributed by atoms with Gasteiger partial charge in [0.15, 0.2) is 0 Å². The molecule has 1 unspecified atom stereocenters. The summed E-state index contributed by atoms with van der Waals surface area (Å²) in [6.45, 7) is 0.649. The molecule has 1 aliphatic rings. The second kappa shape index (κ2) is 5.15. The summed E-state index contributed by atoms with van der Waals surface area (Å²) in [6.07, 6.45) is 0.627. The Balaban J connectivity index is 2.48. The van der Waals surface area contributed by atoms with Crippen LogP contribution in [0.1, 0.15) is 6.42 Å². The highest BCUT2D eigenvalue weighted by atomic mass is 35.5. The molecule has 8 heteroatoms. The lowest BCUT2D eigenvalue weighted by atomic mass is 10.3. The molecule has 0 bridgehead atoms. The fourth-order valence-corrected chi connectivity index (χ4v) is 4.88. The summed E-state index contributed by atoms with van der Waals surface area (Å²) in [5.41, 5.74) is 5.71. The molecular weight excluding hydrogens is 319 g/mol. The molecule has 2 rings (SSSR count). The number of nitrogens with two attached hydrogens (primary N) is 1. The number of rotatable bonds is 2. The smallest absolute Gasteiger partial charge is 0.246 e. The summed E-state index contributed by atoms with van der Waals surface area (Å²) in [5, 5.41) is 0.336. The van der Waals surface area contributed by atoms with Gasteiger partial charge in [0.05, 0.1) is 10.0 Å². The third-order valence-corrected chi connectivity index (χ3v) is 5.75. The molecular formula is C10H11Cl3N2O2S. The SMILES string of the molecule is NC1CCN(S(=O)(=O)c2c(Cl)cc(Cl)cc2Cl)C1. The maximum atomic E-state index is 12.4. The molecule has 4 nitrogen and oxygen atoms in total. The molecule has 0 radical (unpaired) electrons. The standard InChI is InChI=1S/C10H11Cl3N2O2S/c11-6-3-8(12)10(9(13)4-6)18(16,17)15-2-1-7(14)5-15/h3-4,7H,1-2,5,14H2. The van der Waals surface area contributed by atoms with Crippen LogP contribution in [0.4, 0.5) is 0 Å². The first-order valence-corrected chi connectivity index (χ1v) is 7.80. The minimum atomic E-state index is -3.72. The minimum absolute atomic E-state index is 0.0213. The van der Waals surface area contributed by atoms with Gasteiger partial charge in [-0.3, -0.25) is 0 Å². The van der Waals surface area contributed by atoms with E-state index in [0.29, 0.717) is 18.0 Å². The van der Waals surface area contributed by atoms with Crippen molar-refractivity contribution in [3.05, 3.63) is 27.2 Å². The average Bonchev–Trinajstić information content (AvgIpc) is 2.63. The van der Waals surface area contributed by atoms with Crippen molar-refractivity contribution in [2.45, 2.75) is 17.4 Å². The molecule has 1 aromatic rings. The zero-order valence-corrected chi connectivity index (χ0v) is 12.3. The third kappa shape index (κ3) is 2.61. The van der Waals surface area contributed by atoms with Crippen molar-refractivity contribution >= 4 is 44.8 Å². The van der Waals surface area contributed by atoms with Crippen molar-refractivity contribution in [3.63, 3.8) is 0 Å². The van der Waals surface area contributed by atoms with E-state index >= 15 is 0 Å². The Morgan fingerprint density at radius 3 is 2.22 bits per heavy atom. The van der Waals surface area contributed by atoms with Gasteiger partial charge in [0.1, 0.15) is 4.90 Å². The molecule has 2 N–H and O–H groups in total. The Morgan fingerprint density at radius 1 is 1.22 bits per heavy atom. The molecule has 1 fully saturated rings. The molecule has 0 aliphatic carbocycles. The van der Waals surface area contributed by atoms with Crippen LogP contribution in [0.2, 0.25) is 15.1 Å². The van der Waals surface area contributed by atoms with Crippen LogP contribution in [0.3, 0.4) is 0 Å². The van der Waals surface area contributed by atoms with E-state index in [9.17, 15) is 8.42 Å². The van der Waals surface area contributed by atoms with Crippen molar-refractivity contribution in [1.82, 2.24) is 4.31 Å². The molecule has 1 atom stereocenters. The highest BCUT2D eigenvalue weighted by Gasteiger charge is 2.34. The highest BCUT2D eigenvalue weighted by Crippen LogP contribution is 2.35. The lowest BCUT2D eigenvalue weighted by Gasteiger charge is -2.18. The Bertz CT molecular complexity index is 553. The Kier molecular flexibility index (Phi) is 4.11. The maximum absolute atomic E-state index is 12.4. The minimum Gasteiger partial charge on any atom is -0.326 e. The first-order valence-electron chi connectivity index (χ1n) is 5.22. The Morgan fingerprint density at radius 2 is 1.78 bits per heavy atom. The molecule has 0 saturated carbocycles. The van der Waals surface area contributed by atoms with E-state index in [-0.39, 0.29) is 27.5 Å². The normalized spacial score (nSPS) is 21.4. The van der Waals surface area contributed by atoms with Crippen molar-refractivity contribution in [2.75, 3.05) is 13.1 Å². The number of hydrogen-bond donors (Lipinski definition) is 1. The number of nitrogens with zero attached hydrogens (tertiary/aromatic N) is 1. The average molecular weight is 330 g/mol. The molecule has 1 heterocycles. The van der Waals surface area contributed by atoms with Gasteiger partial charge in [-0.1, -0.05) is 34.8 Å². The van der Waals surface area contributed by atoms with Gasteiger partial charge in [-0.25, -0.2) is 8.42 Å². The predicted molar refractivity (Wildman–Crippen MR) is 72.8 cm³/mol. The molecule has 1 saturated heterocycles. The van der Waals surface area contributed by atoms with Crippen LogP contribution in [0.15, 0.2) is 17.0 Å². The van der Waals surface area contributed by atoms with E-state index in [1.54, 1.807) is 0 Å². The molecule has 18 heavy (non-hydrogen) atoms. The molecule has 1 aromatic carbocycles. The van der Waals surface area contributed by atoms with E-state index in [2.05, 4.69) is 0 Å². The Labute approximate surface area is 121 Å². The number of benzene rings is 1. The van der Waals surface area contributed by atoms with Crippen molar-refractivity contribution in [3.8, 4) is 0 Å². The summed E-state index contributed by atoms with van der Waals surface area (Å²) in [7, 11) is -3.72. The Hall–Kier alpha value is -0.0400. The van der Waals surface area contributed by atoms with Gasteiger partial charge in [0, 0.05) is 24.2 Å². The monoisotopic (exact) mass is 328 g/mol. The van der Waals surface area contributed by atoms with Crippen LogP contribution >= 0.6 is 34.8 Å². The molecule has 100 valence electrons. The fraction of sp³-hybridized carbons (Fsp3) is 0.400. The third-order valence-electron chi connectivity index (χ3n) is 2.75. The summed E-state index contributed by atoms with van der Waals surface area (Å²) >= 11 is 17.6. The van der Waals surface area contributed by atoms with E-state index in [0.717, 1.165) is 0 Å². The van der Waals surface area contributed by atoms with Gasteiger partial charge >= 0.3 is 0 Å². The van der Waals surface area contributed by atoms with Gasteiger partial charge < -0.3 is 5.73 Å². The lowest BCUT2D eigenvalue weighted by Crippen LogP contribution is -2.32. The van der Waals surface area contributed by atoms with E-state index in [1.165, 1.54) is 16.4 Å². The van der Waals surface area contributed by atoms with Crippen molar-refractivity contribution in [1.29, 1.82) is 0 Å². The zero-order chi connectivity index (χ0) is 13.5. The largest absolute Gasteiger partial charge is 0.326 e. The lowest BCUT2D eigenvalue weighted by molar-refractivity contribution is 0.472. The molecule has 0 spiro atoms. The number of sulfonamides is 1. The second-order valence-electron chi connectivity index (χ2n) is 4.11. The number of hydrogen-bond acceptors (Lipinski definition) is 3. The molecule has 1 aliphatic heterocycles. The first-order chi connectivity index (χ1) is 8.32. The highest BCUT2D eigenvalue weighted by molar-refractivity contribution is 7.89. The van der Waals surface area contributed by atoms with Gasteiger partial charge in [0.2, 0.25) is 10.0 Å². The molecule has 0 aromatic heterocycles. The molecule has 0 amide bonds. The summed E-state index contributed by atoms with van der Waals surface area (Å²) in [5.74, 6) is 0. The summed E-state index contributed by atoms with van der Waals surface area (Å²) in [4.78, 5) is -0.107. The van der Waals surface area contributed by atoms with Gasteiger partial charge in [-0.05, 0) is 18.6 Å². The van der Waals surface area contributed by atoms with Gasteiger partial charge in [0.25, 0.3) is 0 Å². The summed E-state index contributed by atoms with van der Waals surface area (Å²) in [6, 6.07) is 2.57. The van der Waals surface area contributed by atoms with Crippen LogP contribution in [-0.4, -0.2) is 31.9 Å². The topological polar surface area (TPSA) is 63.4 Å². The van der Waals surface area contributed by atoms with E-state index < -0.39 is 10.0 Å². The van der Waals surface area contributed by atoms with Crippen LogP contribution in [0.25, 0.3) is 0 Å². The summed E-state index contributed by atoms with van der Waals surface area (Å²) < 4.78 is 26.1. The maximum Gasteiger partial charge on any atom is 0.246 e. The van der Waals surface area contributed by atoms with Crippen molar-refractivity contribution < 1.29 is 8.42 Å². The second-order valence-corrected chi connectivity index (χ2v) is 7.24. The van der Waals surface area contributed by atoms with Crippen LogP contribution in [0.5, 0.6) is 0 Å². The number of halogens is 3.